The molecule has 72 valence electrons. The molecule has 0 aliphatic heterocycles. The van der Waals surface area contributed by atoms with E-state index in [-0.39, 0.29) is 18.6 Å². The quantitative estimate of drug-likeness (QED) is 0.749. The number of aliphatic hydroxyl groups is 1. The van der Waals surface area contributed by atoms with Crippen molar-refractivity contribution in [2.75, 3.05) is 6.61 Å². The molecule has 2 N–H and O–H groups in total. The zero-order valence-electron chi connectivity index (χ0n) is 7.57. The van der Waals surface area contributed by atoms with Crippen LogP contribution in [0, 0.1) is 6.92 Å². The summed E-state index contributed by atoms with van der Waals surface area (Å²) < 4.78 is 0. The Hall–Kier alpha value is -0.940. The highest BCUT2D eigenvalue weighted by Crippen LogP contribution is 2.10. The minimum atomic E-state index is -0.213. The van der Waals surface area contributed by atoms with E-state index in [1.165, 1.54) is 11.3 Å². The summed E-state index contributed by atoms with van der Waals surface area (Å²) in [6, 6.07) is -0.213. The summed E-state index contributed by atoms with van der Waals surface area (Å²) in [4.78, 5) is 15.9. The highest BCUT2D eigenvalue weighted by Gasteiger charge is 2.10. The molecule has 1 atom stereocenters. The lowest BCUT2D eigenvalue weighted by Gasteiger charge is -2.08. The summed E-state index contributed by atoms with van der Waals surface area (Å²) in [6.07, 6.45) is 1.54. The second-order valence-electron chi connectivity index (χ2n) is 2.80. The molecular formula is C8H12N2O2S. The van der Waals surface area contributed by atoms with E-state index in [1.807, 2.05) is 6.92 Å². The van der Waals surface area contributed by atoms with Gasteiger partial charge in [-0.05, 0) is 13.8 Å². The second kappa shape index (κ2) is 4.34. The van der Waals surface area contributed by atoms with Gasteiger partial charge in [-0.1, -0.05) is 0 Å². The van der Waals surface area contributed by atoms with Gasteiger partial charge in [0.05, 0.1) is 17.8 Å². The van der Waals surface area contributed by atoms with Crippen molar-refractivity contribution in [3.8, 4) is 0 Å². The number of nitrogens with one attached hydrogen (secondary N) is 1. The van der Waals surface area contributed by atoms with Gasteiger partial charge < -0.3 is 10.4 Å². The third kappa shape index (κ3) is 2.78. The number of hydrogen-bond donors (Lipinski definition) is 2. The topological polar surface area (TPSA) is 62.2 Å². The van der Waals surface area contributed by atoms with E-state index in [1.54, 1.807) is 13.1 Å². The van der Waals surface area contributed by atoms with Gasteiger partial charge in [0.25, 0.3) is 5.91 Å². The number of hydrogen-bond acceptors (Lipinski definition) is 4. The molecule has 1 aromatic heterocycles. The van der Waals surface area contributed by atoms with Crippen molar-refractivity contribution in [1.82, 2.24) is 10.3 Å². The van der Waals surface area contributed by atoms with E-state index in [2.05, 4.69) is 10.3 Å². The van der Waals surface area contributed by atoms with E-state index in [0.717, 1.165) is 5.01 Å². The molecular weight excluding hydrogens is 188 g/mol. The summed E-state index contributed by atoms with van der Waals surface area (Å²) in [5.41, 5.74) is 0. The molecule has 0 aliphatic rings. The zero-order valence-corrected chi connectivity index (χ0v) is 8.39. The molecule has 0 unspecified atom stereocenters. The number of aromatic nitrogens is 1. The summed E-state index contributed by atoms with van der Waals surface area (Å²) in [5.74, 6) is -0.174. The Morgan fingerprint density at radius 2 is 2.54 bits per heavy atom. The molecule has 0 aromatic carbocycles. The number of thiazole rings is 1. The van der Waals surface area contributed by atoms with Crippen LogP contribution in [0.3, 0.4) is 0 Å². The number of nitrogens with zero attached hydrogens (tertiary/aromatic N) is 1. The lowest BCUT2D eigenvalue weighted by molar-refractivity contribution is 0.0926. The van der Waals surface area contributed by atoms with Crippen molar-refractivity contribution in [3.63, 3.8) is 0 Å². The Kier molecular flexibility index (Phi) is 3.39. The average molecular weight is 200 g/mol. The third-order valence-electron chi connectivity index (χ3n) is 1.50. The Balaban J connectivity index is 2.58. The summed E-state index contributed by atoms with van der Waals surface area (Å²) >= 11 is 1.34. The van der Waals surface area contributed by atoms with Gasteiger partial charge in [0.2, 0.25) is 0 Å². The Labute approximate surface area is 80.6 Å². The van der Waals surface area contributed by atoms with Gasteiger partial charge in [-0.2, -0.15) is 0 Å². The summed E-state index contributed by atoms with van der Waals surface area (Å²) in [6.45, 7) is 3.53. The first kappa shape index (κ1) is 10.1. The lowest BCUT2D eigenvalue weighted by atomic mass is 10.3. The molecule has 1 aromatic rings. The van der Waals surface area contributed by atoms with Gasteiger partial charge in [-0.25, -0.2) is 4.98 Å². The van der Waals surface area contributed by atoms with Crippen LogP contribution in [-0.2, 0) is 0 Å². The average Bonchev–Trinajstić information content (AvgIpc) is 2.51. The summed E-state index contributed by atoms with van der Waals surface area (Å²) in [5, 5.41) is 12.2. The van der Waals surface area contributed by atoms with Gasteiger partial charge in [-0.15, -0.1) is 11.3 Å². The molecule has 0 spiro atoms. The SMILES string of the molecule is Cc1ncc(C(=O)N[C@@H](C)CO)s1. The van der Waals surface area contributed by atoms with E-state index >= 15 is 0 Å². The van der Waals surface area contributed by atoms with Crippen LogP contribution in [-0.4, -0.2) is 28.6 Å². The fourth-order valence-electron chi connectivity index (χ4n) is 0.807. The van der Waals surface area contributed by atoms with Gasteiger partial charge in [0, 0.05) is 6.04 Å². The van der Waals surface area contributed by atoms with Crippen molar-refractivity contribution < 1.29 is 9.90 Å². The highest BCUT2D eigenvalue weighted by molar-refractivity contribution is 7.13. The minimum Gasteiger partial charge on any atom is -0.394 e. The van der Waals surface area contributed by atoms with E-state index in [9.17, 15) is 4.79 Å². The van der Waals surface area contributed by atoms with Crippen LogP contribution in [0.1, 0.15) is 21.6 Å². The van der Waals surface area contributed by atoms with Gasteiger partial charge in [-0.3, -0.25) is 4.79 Å². The fourth-order valence-corrected chi connectivity index (χ4v) is 1.49. The predicted octanol–water partition coefficient (Wildman–Crippen LogP) is 0.562. The number of rotatable bonds is 3. The molecule has 1 heterocycles. The Morgan fingerprint density at radius 3 is 3.00 bits per heavy atom. The van der Waals surface area contributed by atoms with Crippen LogP contribution in [0.25, 0.3) is 0 Å². The molecule has 1 rings (SSSR count). The van der Waals surface area contributed by atoms with Crippen molar-refractivity contribution in [2.45, 2.75) is 19.9 Å². The monoisotopic (exact) mass is 200 g/mol. The van der Waals surface area contributed by atoms with E-state index in [0.29, 0.717) is 4.88 Å². The third-order valence-corrected chi connectivity index (χ3v) is 2.41. The van der Waals surface area contributed by atoms with Gasteiger partial charge in [0.15, 0.2) is 0 Å². The molecule has 13 heavy (non-hydrogen) atoms. The normalized spacial score (nSPS) is 12.5. The van der Waals surface area contributed by atoms with Crippen molar-refractivity contribution >= 4 is 17.2 Å². The van der Waals surface area contributed by atoms with Crippen molar-refractivity contribution in [1.29, 1.82) is 0 Å². The smallest absolute Gasteiger partial charge is 0.263 e. The first-order chi connectivity index (χ1) is 6.13. The van der Waals surface area contributed by atoms with Crippen LogP contribution in [0.5, 0.6) is 0 Å². The van der Waals surface area contributed by atoms with Crippen LogP contribution >= 0.6 is 11.3 Å². The molecule has 4 nitrogen and oxygen atoms in total. The molecule has 1 amide bonds. The van der Waals surface area contributed by atoms with Crippen LogP contribution in [0.2, 0.25) is 0 Å². The van der Waals surface area contributed by atoms with E-state index in [4.69, 9.17) is 5.11 Å². The maximum atomic E-state index is 11.4. The lowest BCUT2D eigenvalue weighted by Crippen LogP contribution is -2.34. The molecule has 5 heteroatoms. The Bertz CT molecular complexity index is 298. The van der Waals surface area contributed by atoms with Crippen LogP contribution < -0.4 is 5.32 Å². The zero-order chi connectivity index (χ0) is 9.84. The second-order valence-corrected chi connectivity index (χ2v) is 4.04. The molecule has 0 fully saturated rings. The fraction of sp³-hybridized carbons (Fsp3) is 0.500. The van der Waals surface area contributed by atoms with Gasteiger partial charge >= 0.3 is 0 Å². The molecule has 0 bridgehead atoms. The largest absolute Gasteiger partial charge is 0.394 e. The number of aliphatic hydroxyl groups excluding tert-OH is 1. The Morgan fingerprint density at radius 1 is 1.85 bits per heavy atom. The van der Waals surface area contributed by atoms with Crippen molar-refractivity contribution in [3.05, 3.63) is 16.1 Å². The van der Waals surface area contributed by atoms with Crippen LogP contribution in [0.15, 0.2) is 6.20 Å². The molecule has 0 saturated heterocycles. The van der Waals surface area contributed by atoms with Gasteiger partial charge in [0.1, 0.15) is 4.88 Å². The maximum Gasteiger partial charge on any atom is 0.263 e. The number of carbonyl (C=O) groups excluding carboxylic acids is 1. The highest BCUT2D eigenvalue weighted by atomic mass is 32.1. The number of aryl methyl sites for hydroxylation is 1. The standard InChI is InChI=1S/C8H12N2O2S/c1-5(4-11)10-8(12)7-3-9-6(2)13-7/h3,5,11H,4H2,1-2H3,(H,10,12)/t5-/m0/s1. The minimum absolute atomic E-state index is 0.0521. The number of carbonyl (C=O) groups is 1. The van der Waals surface area contributed by atoms with Crippen molar-refractivity contribution in [2.24, 2.45) is 0 Å². The molecule has 0 aliphatic carbocycles. The van der Waals surface area contributed by atoms with E-state index < -0.39 is 0 Å². The first-order valence-corrected chi connectivity index (χ1v) is 4.79. The number of amides is 1. The molecule has 0 radical (unpaired) electrons. The first-order valence-electron chi connectivity index (χ1n) is 3.97. The molecule has 0 saturated carbocycles. The summed E-state index contributed by atoms with van der Waals surface area (Å²) in [7, 11) is 0. The maximum absolute atomic E-state index is 11.4. The van der Waals surface area contributed by atoms with Crippen LogP contribution in [0.4, 0.5) is 0 Å². The predicted molar refractivity (Wildman–Crippen MR) is 50.9 cm³/mol.